The van der Waals surface area contributed by atoms with Crippen molar-refractivity contribution in [1.29, 1.82) is 0 Å². The van der Waals surface area contributed by atoms with Gasteiger partial charge in [0.15, 0.2) is 5.54 Å². The zero-order chi connectivity index (χ0) is 22.8. The summed E-state index contributed by atoms with van der Waals surface area (Å²) in [5, 5.41) is 8.05. The Balaban J connectivity index is 2.14. The van der Waals surface area contributed by atoms with E-state index in [4.69, 9.17) is 9.47 Å². The van der Waals surface area contributed by atoms with E-state index in [-0.39, 0.29) is 0 Å². The number of benzene rings is 2. The summed E-state index contributed by atoms with van der Waals surface area (Å²) in [5.41, 5.74) is 1.36. The van der Waals surface area contributed by atoms with Gasteiger partial charge in [-0.2, -0.15) is 5.10 Å². The summed E-state index contributed by atoms with van der Waals surface area (Å²) >= 11 is 0. The fraction of sp³-hybridized carbons (Fsp3) is 0.375. The molecule has 1 heterocycles. The lowest BCUT2D eigenvalue weighted by Crippen LogP contribution is -2.44. The Labute approximate surface area is 182 Å². The highest BCUT2D eigenvalue weighted by atomic mass is 16.6. The van der Waals surface area contributed by atoms with Crippen molar-refractivity contribution in [3.8, 4) is 0 Å². The molecule has 1 aromatic heterocycles. The molecule has 164 valence electrons. The second-order valence-electron chi connectivity index (χ2n) is 8.49. The number of esters is 1. The third-order valence-electron chi connectivity index (χ3n) is 5.17. The van der Waals surface area contributed by atoms with Crippen LogP contribution in [0, 0.1) is 6.92 Å². The fourth-order valence-corrected chi connectivity index (χ4v) is 3.70. The van der Waals surface area contributed by atoms with Crippen LogP contribution < -0.4 is 5.32 Å². The summed E-state index contributed by atoms with van der Waals surface area (Å²) in [7, 11) is 1.38. The van der Waals surface area contributed by atoms with E-state index in [2.05, 4.69) is 10.4 Å². The normalized spacial score (nSPS) is 13.5. The first-order valence-corrected chi connectivity index (χ1v) is 10.2. The molecule has 0 aliphatic carbocycles. The van der Waals surface area contributed by atoms with E-state index in [0.717, 1.165) is 11.1 Å². The SMILES string of the molecule is CCC(C(=O)OC)(c1ccc(C)cc1)n1ncc2c(NC(=O)OC(C)(C)C)cccc21. The minimum Gasteiger partial charge on any atom is -0.467 e. The van der Waals surface area contributed by atoms with Gasteiger partial charge in [-0.25, -0.2) is 14.3 Å². The van der Waals surface area contributed by atoms with Gasteiger partial charge in [0.05, 0.1) is 24.5 Å². The van der Waals surface area contributed by atoms with Crippen LogP contribution in [0.3, 0.4) is 0 Å². The molecule has 1 atom stereocenters. The van der Waals surface area contributed by atoms with Crippen LogP contribution in [0.5, 0.6) is 0 Å². The van der Waals surface area contributed by atoms with Crippen LogP contribution >= 0.6 is 0 Å². The Morgan fingerprint density at radius 2 is 1.77 bits per heavy atom. The van der Waals surface area contributed by atoms with E-state index < -0.39 is 23.2 Å². The molecule has 7 nitrogen and oxygen atoms in total. The monoisotopic (exact) mass is 423 g/mol. The third kappa shape index (κ3) is 4.26. The lowest BCUT2D eigenvalue weighted by molar-refractivity contribution is -0.149. The van der Waals surface area contributed by atoms with Crippen molar-refractivity contribution in [2.45, 2.75) is 52.2 Å². The number of carbonyl (C=O) groups excluding carboxylic acids is 2. The molecule has 0 bridgehead atoms. The van der Waals surface area contributed by atoms with Crippen molar-refractivity contribution in [3.63, 3.8) is 0 Å². The highest BCUT2D eigenvalue weighted by molar-refractivity contribution is 5.99. The average Bonchev–Trinajstić information content (AvgIpc) is 3.14. The van der Waals surface area contributed by atoms with Gasteiger partial charge in [-0.05, 0) is 51.8 Å². The van der Waals surface area contributed by atoms with Gasteiger partial charge < -0.3 is 9.47 Å². The molecule has 0 radical (unpaired) electrons. The van der Waals surface area contributed by atoms with Crippen molar-refractivity contribution in [1.82, 2.24) is 9.78 Å². The first-order chi connectivity index (χ1) is 14.6. The van der Waals surface area contributed by atoms with Crippen molar-refractivity contribution in [2.24, 2.45) is 0 Å². The number of aryl methyl sites for hydroxylation is 1. The van der Waals surface area contributed by atoms with Crippen LogP contribution in [-0.4, -0.2) is 34.6 Å². The van der Waals surface area contributed by atoms with Gasteiger partial charge in [0, 0.05) is 5.39 Å². The van der Waals surface area contributed by atoms with E-state index in [1.54, 1.807) is 43.8 Å². The van der Waals surface area contributed by atoms with Gasteiger partial charge in [0.2, 0.25) is 0 Å². The number of ether oxygens (including phenoxy) is 2. The number of fused-ring (bicyclic) bond motifs is 1. The number of aromatic nitrogens is 2. The molecule has 3 aromatic rings. The largest absolute Gasteiger partial charge is 0.467 e. The third-order valence-corrected chi connectivity index (χ3v) is 5.17. The van der Waals surface area contributed by atoms with Crippen LogP contribution in [-0.2, 0) is 19.8 Å². The number of nitrogens with one attached hydrogen (secondary N) is 1. The Morgan fingerprint density at radius 3 is 2.35 bits per heavy atom. The summed E-state index contributed by atoms with van der Waals surface area (Å²) in [5.74, 6) is -0.408. The van der Waals surface area contributed by atoms with E-state index in [9.17, 15) is 9.59 Å². The van der Waals surface area contributed by atoms with E-state index in [0.29, 0.717) is 23.0 Å². The molecule has 0 aliphatic rings. The first kappa shape index (κ1) is 22.3. The summed E-state index contributed by atoms with van der Waals surface area (Å²) in [6, 6.07) is 13.2. The molecule has 2 aromatic carbocycles. The van der Waals surface area contributed by atoms with Gasteiger partial charge >= 0.3 is 12.1 Å². The van der Waals surface area contributed by atoms with Crippen LogP contribution in [0.4, 0.5) is 10.5 Å². The molecule has 31 heavy (non-hydrogen) atoms. The number of hydrogen-bond acceptors (Lipinski definition) is 5. The number of anilines is 1. The van der Waals surface area contributed by atoms with Gasteiger partial charge in [-0.1, -0.05) is 42.8 Å². The molecule has 1 N–H and O–H groups in total. The molecular formula is C24H29N3O4. The Hall–Kier alpha value is -3.35. The smallest absolute Gasteiger partial charge is 0.412 e. The maximum atomic E-state index is 13.1. The Bertz CT molecular complexity index is 1100. The molecule has 0 aliphatic heterocycles. The summed E-state index contributed by atoms with van der Waals surface area (Å²) < 4.78 is 12.3. The van der Waals surface area contributed by atoms with Crippen LogP contribution in [0.2, 0.25) is 0 Å². The quantitative estimate of drug-likeness (QED) is 0.583. The van der Waals surface area contributed by atoms with Crippen molar-refractivity contribution >= 4 is 28.7 Å². The molecule has 7 heteroatoms. The lowest BCUT2D eigenvalue weighted by Gasteiger charge is -2.31. The van der Waals surface area contributed by atoms with E-state index in [1.807, 2.05) is 44.2 Å². The predicted octanol–water partition coefficient (Wildman–Crippen LogP) is 5.02. The highest BCUT2D eigenvalue weighted by Crippen LogP contribution is 2.36. The zero-order valence-electron chi connectivity index (χ0n) is 18.9. The second-order valence-corrected chi connectivity index (χ2v) is 8.49. The number of amides is 1. The number of hydrogen-bond donors (Lipinski definition) is 1. The van der Waals surface area contributed by atoms with Gasteiger partial charge in [0.25, 0.3) is 0 Å². The lowest BCUT2D eigenvalue weighted by atomic mass is 9.86. The molecule has 0 spiro atoms. The average molecular weight is 424 g/mol. The number of methoxy groups -OCH3 is 1. The van der Waals surface area contributed by atoms with Gasteiger partial charge in [0.1, 0.15) is 5.60 Å². The van der Waals surface area contributed by atoms with Crippen LogP contribution in [0.25, 0.3) is 10.9 Å². The Morgan fingerprint density at radius 1 is 1.10 bits per heavy atom. The number of nitrogens with zero attached hydrogens (tertiary/aromatic N) is 2. The summed E-state index contributed by atoms with van der Waals surface area (Å²) in [4.78, 5) is 25.4. The van der Waals surface area contributed by atoms with Crippen LogP contribution in [0.1, 0.15) is 45.2 Å². The Kier molecular flexibility index (Phi) is 6.06. The molecular weight excluding hydrogens is 394 g/mol. The van der Waals surface area contributed by atoms with E-state index >= 15 is 0 Å². The van der Waals surface area contributed by atoms with Crippen molar-refractivity contribution in [2.75, 3.05) is 12.4 Å². The van der Waals surface area contributed by atoms with E-state index in [1.165, 1.54) is 7.11 Å². The van der Waals surface area contributed by atoms with Crippen molar-refractivity contribution in [3.05, 3.63) is 59.8 Å². The second kappa shape index (κ2) is 8.41. The molecule has 0 saturated heterocycles. The maximum absolute atomic E-state index is 13.1. The summed E-state index contributed by atoms with van der Waals surface area (Å²) in [6.45, 7) is 9.33. The zero-order valence-corrected chi connectivity index (χ0v) is 18.9. The standard InChI is InChI=1S/C24H29N3O4/c1-7-24(21(28)30-6,17-13-11-16(2)12-14-17)27-20-10-8-9-19(18(20)15-25-27)26-22(29)31-23(3,4)5/h8-15H,7H2,1-6H3,(H,26,29). The van der Waals surface area contributed by atoms with Gasteiger partial charge in [-0.15, -0.1) is 0 Å². The minimum atomic E-state index is -1.14. The van der Waals surface area contributed by atoms with Gasteiger partial charge in [-0.3, -0.25) is 5.32 Å². The van der Waals surface area contributed by atoms with Crippen molar-refractivity contribution < 1.29 is 19.1 Å². The first-order valence-electron chi connectivity index (χ1n) is 10.2. The fourth-order valence-electron chi connectivity index (χ4n) is 3.70. The number of carbonyl (C=O) groups is 2. The molecule has 3 rings (SSSR count). The molecule has 0 saturated carbocycles. The molecule has 1 unspecified atom stereocenters. The predicted molar refractivity (Wildman–Crippen MR) is 120 cm³/mol. The molecule has 1 amide bonds. The minimum absolute atomic E-state index is 0.408. The topological polar surface area (TPSA) is 82.5 Å². The highest BCUT2D eigenvalue weighted by Gasteiger charge is 2.43. The maximum Gasteiger partial charge on any atom is 0.412 e. The summed E-state index contributed by atoms with van der Waals surface area (Å²) in [6.07, 6.45) is 1.52. The molecule has 0 fully saturated rings. The van der Waals surface area contributed by atoms with Crippen LogP contribution in [0.15, 0.2) is 48.7 Å². The number of rotatable bonds is 5.